The molecule has 2 aromatic carbocycles. The van der Waals surface area contributed by atoms with E-state index in [4.69, 9.17) is 17.3 Å². The minimum atomic E-state index is -5.04. The van der Waals surface area contributed by atoms with Gasteiger partial charge in [0.25, 0.3) is 0 Å². The SMILES string of the molecule is NC(=O)C(CC(F)(F)F)NC(=O)N[C@@](Cc1ccccc1)(c1cc(F)cc(OC(F)(F)C(F)F)c1)c1ccc(Cl)cn1. The van der Waals surface area contributed by atoms with Crippen LogP contribution in [0.1, 0.15) is 23.2 Å². The van der Waals surface area contributed by atoms with Crippen molar-refractivity contribution < 1.29 is 49.4 Å². The highest BCUT2D eigenvalue weighted by Crippen LogP contribution is 2.37. The molecule has 1 aromatic heterocycles. The molecule has 0 saturated heterocycles. The molecule has 42 heavy (non-hydrogen) atoms. The summed E-state index contributed by atoms with van der Waals surface area (Å²) in [6.07, 6.45) is -15.3. The fraction of sp³-hybridized carbons (Fsp3) is 0.269. The summed E-state index contributed by atoms with van der Waals surface area (Å²) in [6.45, 7) is 0. The number of halogens is 9. The lowest BCUT2D eigenvalue weighted by atomic mass is 9.80. The molecule has 0 bridgehead atoms. The number of nitrogens with two attached hydrogens (primary N) is 1. The van der Waals surface area contributed by atoms with Gasteiger partial charge in [0, 0.05) is 18.7 Å². The van der Waals surface area contributed by atoms with Crippen LogP contribution in [0.25, 0.3) is 0 Å². The van der Waals surface area contributed by atoms with Gasteiger partial charge in [-0.3, -0.25) is 9.78 Å². The number of urea groups is 1. The fourth-order valence-electron chi connectivity index (χ4n) is 3.96. The van der Waals surface area contributed by atoms with E-state index in [0.29, 0.717) is 11.6 Å². The van der Waals surface area contributed by atoms with Gasteiger partial charge in [0.1, 0.15) is 23.1 Å². The number of carbonyl (C=O) groups excluding carboxylic acids is 2. The zero-order valence-corrected chi connectivity index (χ0v) is 21.8. The van der Waals surface area contributed by atoms with Crippen molar-refractivity contribution in [1.29, 1.82) is 0 Å². The van der Waals surface area contributed by atoms with Gasteiger partial charge < -0.3 is 21.1 Å². The highest BCUT2D eigenvalue weighted by Gasteiger charge is 2.45. The topological polar surface area (TPSA) is 106 Å². The first-order valence-corrected chi connectivity index (χ1v) is 12.2. The summed E-state index contributed by atoms with van der Waals surface area (Å²) < 4.78 is 111. The predicted octanol–water partition coefficient (Wildman–Crippen LogP) is 5.70. The van der Waals surface area contributed by atoms with Crippen molar-refractivity contribution in [2.75, 3.05) is 0 Å². The Morgan fingerprint density at radius 2 is 1.67 bits per heavy atom. The quantitative estimate of drug-likeness (QED) is 0.238. The number of alkyl halides is 7. The number of hydrogen-bond acceptors (Lipinski definition) is 4. The lowest BCUT2D eigenvalue weighted by Gasteiger charge is -2.36. The number of benzene rings is 2. The Balaban J connectivity index is 2.22. The molecule has 0 saturated carbocycles. The van der Waals surface area contributed by atoms with Gasteiger partial charge in [-0.05, 0) is 35.4 Å². The number of nitrogens with zero attached hydrogens (tertiary/aromatic N) is 1. The Hall–Kier alpha value is -4.14. The van der Waals surface area contributed by atoms with Crippen LogP contribution in [0.3, 0.4) is 0 Å². The molecule has 0 spiro atoms. The summed E-state index contributed by atoms with van der Waals surface area (Å²) in [4.78, 5) is 29.0. The number of pyridine rings is 1. The number of nitrogens with one attached hydrogen (secondary N) is 2. The predicted molar refractivity (Wildman–Crippen MR) is 133 cm³/mol. The van der Waals surface area contributed by atoms with Crippen molar-refractivity contribution in [2.24, 2.45) is 5.73 Å². The van der Waals surface area contributed by atoms with Crippen molar-refractivity contribution in [1.82, 2.24) is 15.6 Å². The molecular formula is C26H21ClF8N4O3. The number of rotatable bonds is 11. The van der Waals surface area contributed by atoms with Crippen molar-refractivity contribution in [3.8, 4) is 5.75 Å². The summed E-state index contributed by atoms with van der Waals surface area (Å²) >= 11 is 5.94. The maximum Gasteiger partial charge on any atom is 0.461 e. The van der Waals surface area contributed by atoms with E-state index in [0.717, 1.165) is 18.3 Å². The third kappa shape index (κ3) is 8.44. The first kappa shape index (κ1) is 32.4. The largest absolute Gasteiger partial charge is 0.461 e. The van der Waals surface area contributed by atoms with Gasteiger partial charge in [-0.2, -0.15) is 30.7 Å². The second-order valence-electron chi connectivity index (χ2n) is 8.94. The highest BCUT2D eigenvalue weighted by atomic mass is 35.5. The average molecular weight is 625 g/mol. The third-order valence-corrected chi connectivity index (χ3v) is 5.98. The molecule has 226 valence electrons. The van der Waals surface area contributed by atoms with Gasteiger partial charge in [0.05, 0.1) is 17.1 Å². The number of hydrogen-bond donors (Lipinski definition) is 3. The lowest BCUT2D eigenvalue weighted by molar-refractivity contribution is -0.253. The Bertz CT molecular complexity index is 1390. The van der Waals surface area contributed by atoms with Gasteiger partial charge in [0.15, 0.2) is 0 Å². The van der Waals surface area contributed by atoms with E-state index in [1.165, 1.54) is 12.1 Å². The first-order valence-electron chi connectivity index (χ1n) is 11.8. The lowest BCUT2D eigenvalue weighted by Crippen LogP contribution is -2.57. The number of ether oxygens (including phenoxy) is 1. The third-order valence-electron chi connectivity index (χ3n) is 5.76. The van der Waals surface area contributed by atoms with E-state index in [9.17, 15) is 44.7 Å². The van der Waals surface area contributed by atoms with Gasteiger partial charge in [0.2, 0.25) is 5.91 Å². The second kappa shape index (κ2) is 12.8. The second-order valence-corrected chi connectivity index (χ2v) is 9.38. The van der Waals surface area contributed by atoms with Gasteiger partial charge in [-0.15, -0.1) is 0 Å². The Labute approximate surface area is 238 Å². The molecule has 0 aliphatic heterocycles. The van der Waals surface area contributed by atoms with Crippen LogP contribution >= 0.6 is 11.6 Å². The molecule has 0 radical (unpaired) electrons. The van der Waals surface area contributed by atoms with Crippen LogP contribution < -0.4 is 21.1 Å². The molecule has 16 heteroatoms. The molecule has 1 heterocycles. The molecule has 3 aromatic rings. The minimum absolute atomic E-state index is 0.0932. The molecule has 4 N–H and O–H groups in total. The van der Waals surface area contributed by atoms with Crippen LogP contribution in [-0.4, -0.2) is 41.7 Å². The molecule has 0 aliphatic rings. The Kier molecular flexibility index (Phi) is 9.86. The number of amides is 3. The Morgan fingerprint density at radius 1 is 1.00 bits per heavy atom. The monoisotopic (exact) mass is 624 g/mol. The minimum Gasteiger partial charge on any atom is -0.428 e. The number of aromatic nitrogens is 1. The smallest absolute Gasteiger partial charge is 0.428 e. The standard InChI is InChI=1S/C26H21ClF8N4O3/c27-16-6-7-20(37-13-16)24(11-14-4-2-1-3-5-14,39-23(41)38-19(21(36)40)12-25(31,32)33)15-8-17(28)10-18(9-15)42-26(34,35)22(29)30/h1-10,13,19,22H,11-12H2,(H2,36,40)(H2,38,39,41)/t19?,24-/m0/s1. The Morgan fingerprint density at radius 3 is 2.21 bits per heavy atom. The van der Waals surface area contributed by atoms with Crippen LogP contribution in [0.15, 0.2) is 66.9 Å². The van der Waals surface area contributed by atoms with E-state index in [2.05, 4.69) is 15.0 Å². The van der Waals surface area contributed by atoms with E-state index in [1.54, 1.807) is 35.6 Å². The zero-order valence-electron chi connectivity index (χ0n) is 21.1. The summed E-state index contributed by atoms with van der Waals surface area (Å²) in [5.41, 5.74) is 2.78. The maximum absolute atomic E-state index is 14.8. The molecule has 2 atom stereocenters. The van der Waals surface area contributed by atoms with Crippen LogP contribution in [0.4, 0.5) is 39.9 Å². The number of carbonyl (C=O) groups is 2. The van der Waals surface area contributed by atoms with E-state index >= 15 is 0 Å². The van der Waals surface area contributed by atoms with Crippen LogP contribution in [0, 0.1) is 5.82 Å². The molecule has 3 amide bonds. The normalized spacial score (nSPS) is 14.1. The summed E-state index contributed by atoms with van der Waals surface area (Å²) in [6, 6.07) is 8.57. The molecule has 7 nitrogen and oxygen atoms in total. The van der Waals surface area contributed by atoms with Crippen LogP contribution in [0.5, 0.6) is 5.75 Å². The maximum atomic E-state index is 14.8. The summed E-state index contributed by atoms with van der Waals surface area (Å²) in [7, 11) is 0. The zero-order chi connectivity index (χ0) is 31.3. The van der Waals surface area contributed by atoms with E-state index < -0.39 is 65.8 Å². The fourth-order valence-corrected chi connectivity index (χ4v) is 4.08. The van der Waals surface area contributed by atoms with Crippen molar-refractivity contribution >= 4 is 23.5 Å². The first-order chi connectivity index (χ1) is 19.5. The molecule has 0 aliphatic carbocycles. The average Bonchev–Trinajstić information content (AvgIpc) is 2.87. The molecule has 0 fully saturated rings. The highest BCUT2D eigenvalue weighted by molar-refractivity contribution is 6.30. The van der Waals surface area contributed by atoms with Crippen LogP contribution in [-0.2, 0) is 16.8 Å². The van der Waals surface area contributed by atoms with E-state index in [1.807, 2.05) is 0 Å². The van der Waals surface area contributed by atoms with Crippen molar-refractivity contribution in [2.45, 2.75) is 43.1 Å². The molecule has 3 rings (SSSR count). The van der Waals surface area contributed by atoms with Gasteiger partial charge in [-0.1, -0.05) is 41.9 Å². The molecular weight excluding hydrogens is 604 g/mol. The van der Waals surface area contributed by atoms with Gasteiger partial charge in [-0.25, -0.2) is 9.18 Å². The van der Waals surface area contributed by atoms with Crippen molar-refractivity contribution in [3.63, 3.8) is 0 Å². The van der Waals surface area contributed by atoms with Crippen LogP contribution in [0.2, 0.25) is 5.02 Å². The summed E-state index contributed by atoms with van der Waals surface area (Å²) in [5, 5.41) is 4.25. The van der Waals surface area contributed by atoms with Gasteiger partial charge >= 0.3 is 24.7 Å². The molecule has 1 unspecified atom stereocenters. The number of primary amides is 1. The van der Waals surface area contributed by atoms with E-state index in [-0.39, 0.29) is 17.1 Å². The van der Waals surface area contributed by atoms with Crippen molar-refractivity contribution in [3.05, 3.63) is 94.5 Å². The summed E-state index contributed by atoms with van der Waals surface area (Å²) in [5.74, 6) is -3.87.